The second-order valence-corrected chi connectivity index (χ2v) is 19.1. The minimum absolute atomic E-state index is 0.0266. The summed E-state index contributed by atoms with van der Waals surface area (Å²) < 4.78 is 25.4. The molecule has 7 fully saturated rings. The number of hydrogen-bond acceptors (Lipinski definition) is 7. The van der Waals surface area contributed by atoms with Gasteiger partial charge in [0.05, 0.1) is 62.9 Å². The Labute approximate surface area is 273 Å². The minimum atomic E-state index is -0.533. The van der Waals surface area contributed by atoms with E-state index in [0.717, 1.165) is 52.2 Å². The largest absolute Gasteiger partial charge is 0.390 e. The number of ether oxygens (including phenoxy) is 4. The molecule has 45 heavy (non-hydrogen) atoms. The molecule has 2 bridgehead atoms. The molecule has 3 saturated heterocycles. The van der Waals surface area contributed by atoms with E-state index in [9.17, 15) is 10.2 Å². The SMILES string of the molecule is CC1CC(C(O)C(C)(C)C)OC2C1C1(C)CCCC34CCC(OC5CN(C6COC6)CCO5)C(C)(C)C3CCC(C4)C1(C)C2O. The van der Waals surface area contributed by atoms with Gasteiger partial charge < -0.3 is 29.2 Å². The van der Waals surface area contributed by atoms with E-state index in [0.29, 0.717) is 35.1 Å². The lowest BCUT2D eigenvalue weighted by molar-refractivity contribution is -0.261. The third-order valence-electron chi connectivity index (χ3n) is 15.6. The van der Waals surface area contributed by atoms with Gasteiger partial charge in [-0.2, -0.15) is 0 Å². The highest BCUT2D eigenvalue weighted by atomic mass is 16.7. The molecule has 7 aliphatic rings. The Kier molecular flexibility index (Phi) is 8.41. The van der Waals surface area contributed by atoms with Gasteiger partial charge in [-0.3, -0.25) is 4.90 Å². The van der Waals surface area contributed by atoms with Crippen LogP contribution in [0.25, 0.3) is 0 Å². The maximum atomic E-state index is 12.4. The van der Waals surface area contributed by atoms with Crippen molar-refractivity contribution in [1.29, 1.82) is 0 Å². The van der Waals surface area contributed by atoms with Crippen LogP contribution >= 0.6 is 0 Å². The summed E-state index contributed by atoms with van der Waals surface area (Å²) in [4.78, 5) is 2.51. The van der Waals surface area contributed by atoms with Crippen LogP contribution in [0.1, 0.15) is 113 Å². The summed E-state index contributed by atoms with van der Waals surface area (Å²) in [6.45, 7) is 22.9. The lowest BCUT2D eigenvalue weighted by atomic mass is 9.41. The Morgan fingerprint density at radius 2 is 1.76 bits per heavy atom. The lowest BCUT2D eigenvalue weighted by Crippen LogP contribution is -2.60. The summed E-state index contributed by atoms with van der Waals surface area (Å²) in [7, 11) is 0. The fraction of sp³-hybridized carbons (Fsp3) is 1.00. The van der Waals surface area contributed by atoms with Crippen LogP contribution in [0.5, 0.6) is 0 Å². The summed E-state index contributed by atoms with van der Waals surface area (Å²) in [6.07, 6.45) is 9.08. The molecule has 3 aliphatic heterocycles. The van der Waals surface area contributed by atoms with Crippen LogP contribution in [0.3, 0.4) is 0 Å². The second-order valence-electron chi connectivity index (χ2n) is 19.1. The normalized spacial score (nSPS) is 51.2. The molecule has 258 valence electrons. The van der Waals surface area contributed by atoms with Crippen LogP contribution in [-0.4, -0.2) is 90.9 Å². The van der Waals surface area contributed by atoms with E-state index < -0.39 is 12.2 Å². The maximum absolute atomic E-state index is 12.4. The van der Waals surface area contributed by atoms with Gasteiger partial charge in [-0.05, 0) is 96.7 Å². The lowest BCUT2D eigenvalue weighted by Gasteiger charge is -2.64. The first kappa shape index (κ1) is 33.2. The standard InChI is InChI=1S/C38H65NO6/c1-23-18-26(32(40)34(2,3)4)44-31-30(23)36(7)13-9-14-38-15-12-28(45-29-20-39(16-17-43-29)25-21-42-22-25)35(5,6)27(38)11-10-24(19-38)37(36,8)33(31)41/h23-33,40-41H,9-22H2,1-8H3. The van der Waals surface area contributed by atoms with Gasteiger partial charge in [-0.1, -0.05) is 61.8 Å². The van der Waals surface area contributed by atoms with Crippen molar-refractivity contribution in [2.75, 3.05) is 32.9 Å². The van der Waals surface area contributed by atoms with Gasteiger partial charge in [0.2, 0.25) is 0 Å². The predicted molar refractivity (Wildman–Crippen MR) is 175 cm³/mol. The molecule has 7 nitrogen and oxygen atoms in total. The molecule has 4 saturated carbocycles. The molecule has 7 heteroatoms. The molecule has 1 spiro atoms. The van der Waals surface area contributed by atoms with E-state index >= 15 is 0 Å². The van der Waals surface area contributed by atoms with Gasteiger partial charge in [-0.25, -0.2) is 0 Å². The fourth-order valence-corrected chi connectivity index (χ4v) is 12.9. The van der Waals surface area contributed by atoms with Crippen LogP contribution in [-0.2, 0) is 18.9 Å². The zero-order valence-corrected chi connectivity index (χ0v) is 29.7. The highest BCUT2D eigenvalue weighted by Crippen LogP contribution is 2.73. The van der Waals surface area contributed by atoms with E-state index in [-0.39, 0.29) is 46.3 Å². The zero-order chi connectivity index (χ0) is 32.2. The monoisotopic (exact) mass is 631 g/mol. The Hall–Kier alpha value is -0.280. The van der Waals surface area contributed by atoms with E-state index in [1.807, 2.05) is 0 Å². The second kappa shape index (κ2) is 11.4. The number of morpholine rings is 1. The predicted octanol–water partition coefficient (Wildman–Crippen LogP) is 6.04. The summed E-state index contributed by atoms with van der Waals surface area (Å²) in [5, 5.41) is 23.7. The Balaban J connectivity index is 1.10. The molecular formula is C38H65NO6. The van der Waals surface area contributed by atoms with E-state index in [1.54, 1.807) is 0 Å². The summed E-state index contributed by atoms with van der Waals surface area (Å²) >= 11 is 0. The Bertz CT molecular complexity index is 1090. The molecule has 2 N–H and O–H groups in total. The van der Waals surface area contributed by atoms with Crippen molar-refractivity contribution < 1.29 is 29.2 Å². The molecule has 0 aromatic carbocycles. The van der Waals surface area contributed by atoms with Crippen molar-refractivity contribution in [2.45, 2.75) is 156 Å². The van der Waals surface area contributed by atoms with Gasteiger partial charge in [0.15, 0.2) is 6.29 Å². The molecule has 7 rings (SSSR count). The van der Waals surface area contributed by atoms with Crippen LogP contribution in [0.2, 0.25) is 0 Å². The summed E-state index contributed by atoms with van der Waals surface area (Å²) in [5.74, 6) is 1.85. The van der Waals surface area contributed by atoms with Gasteiger partial charge in [-0.15, -0.1) is 0 Å². The smallest absolute Gasteiger partial charge is 0.170 e. The first-order valence-electron chi connectivity index (χ1n) is 18.7. The van der Waals surface area contributed by atoms with Crippen molar-refractivity contribution in [2.24, 2.45) is 50.7 Å². The highest BCUT2D eigenvalue weighted by molar-refractivity contribution is 5.20. The van der Waals surface area contributed by atoms with E-state index in [2.05, 4.69) is 60.3 Å². The molecule has 3 heterocycles. The van der Waals surface area contributed by atoms with E-state index in [1.165, 1.54) is 38.5 Å². The first-order chi connectivity index (χ1) is 21.1. The van der Waals surface area contributed by atoms with Crippen LogP contribution < -0.4 is 0 Å². The average Bonchev–Trinajstić information content (AvgIpc) is 3.11. The van der Waals surface area contributed by atoms with Gasteiger partial charge in [0, 0.05) is 12.0 Å². The number of aliphatic hydroxyl groups excluding tert-OH is 2. The maximum Gasteiger partial charge on any atom is 0.170 e. The summed E-state index contributed by atoms with van der Waals surface area (Å²) in [5.41, 5.74) is -0.0275. The van der Waals surface area contributed by atoms with Crippen molar-refractivity contribution in [1.82, 2.24) is 4.90 Å². The number of aliphatic hydroxyl groups is 2. The van der Waals surface area contributed by atoms with Crippen molar-refractivity contribution in [3.63, 3.8) is 0 Å². The molecule has 13 unspecified atom stereocenters. The zero-order valence-electron chi connectivity index (χ0n) is 29.7. The first-order valence-corrected chi connectivity index (χ1v) is 18.7. The third-order valence-corrected chi connectivity index (χ3v) is 15.6. The number of nitrogens with zero attached hydrogens (tertiary/aromatic N) is 1. The Morgan fingerprint density at radius 1 is 1.00 bits per heavy atom. The fourth-order valence-electron chi connectivity index (χ4n) is 12.9. The third kappa shape index (κ3) is 5.05. The molecule has 0 aromatic heterocycles. The minimum Gasteiger partial charge on any atom is -0.390 e. The molecule has 4 aliphatic carbocycles. The molecule has 0 radical (unpaired) electrons. The summed E-state index contributed by atoms with van der Waals surface area (Å²) in [6, 6.07) is 0.525. The topological polar surface area (TPSA) is 80.6 Å². The molecule has 13 atom stereocenters. The molecule has 0 amide bonds. The van der Waals surface area contributed by atoms with Crippen LogP contribution in [0.4, 0.5) is 0 Å². The number of fused-ring (bicyclic) bond motifs is 5. The van der Waals surface area contributed by atoms with Crippen molar-refractivity contribution >= 4 is 0 Å². The number of rotatable bonds is 4. The van der Waals surface area contributed by atoms with E-state index in [4.69, 9.17) is 18.9 Å². The molecule has 0 aromatic rings. The quantitative estimate of drug-likeness (QED) is 0.392. The van der Waals surface area contributed by atoms with Gasteiger partial charge >= 0.3 is 0 Å². The average molecular weight is 632 g/mol. The van der Waals surface area contributed by atoms with Gasteiger partial charge in [0.25, 0.3) is 0 Å². The highest BCUT2D eigenvalue weighted by Gasteiger charge is 2.71. The van der Waals surface area contributed by atoms with Crippen molar-refractivity contribution in [3.05, 3.63) is 0 Å². The van der Waals surface area contributed by atoms with Crippen molar-refractivity contribution in [3.8, 4) is 0 Å². The van der Waals surface area contributed by atoms with Gasteiger partial charge in [0.1, 0.15) is 0 Å². The van der Waals surface area contributed by atoms with Crippen LogP contribution in [0, 0.1) is 50.7 Å². The Morgan fingerprint density at radius 3 is 2.44 bits per heavy atom. The van der Waals surface area contributed by atoms with Crippen LogP contribution in [0.15, 0.2) is 0 Å². The number of hydrogen-bond donors (Lipinski definition) is 2. The molecular weight excluding hydrogens is 566 g/mol.